The van der Waals surface area contributed by atoms with E-state index in [1.54, 1.807) is 0 Å². The van der Waals surface area contributed by atoms with E-state index >= 15 is 0 Å². The first-order valence-corrected chi connectivity index (χ1v) is 9.26. The number of halogens is 1. The standard InChI is InChI=1S/C21H23ClN2O2/c1-3-21(25)24(13-16-9-5-7-11-19(16)22)14-17-12-20(23-26-17)18-10-6-4-8-15(18)2/h4-11,17H,3,12-14H2,1-2H3/t17-/m1/s1. The lowest BCUT2D eigenvalue weighted by Crippen LogP contribution is -2.37. The van der Waals surface area contributed by atoms with Gasteiger partial charge in [0, 0.05) is 30.0 Å². The van der Waals surface area contributed by atoms with Crippen molar-refractivity contribution in [1.29, 1.82) is 0 Å². The van der Waals surface area contributed by atoms with E-state index in [9.17, 15) is 4.79 Å². The second-order valence-corrected chi connectivity index (χ2v) is 6.91. The van der Waals surface area contributed by atoms with E-state index < -0.39 is 0 Å². The summed E-state index contributed by atoms with van der Waals surface area (Å²) < 4.78 is 0. The van der Waals surface area contributed by atoms with E-state index in [1.165, 1.54) is 5.56 Å². The number of nitrogens with zero attached hydrogens (tertiary/aromatic N) is 2. The van der Waals surface area contributed by atoms with Crippen LogP contribution in [-0.4, -0.2) is 29.2 Å². The van der Waals surface area contributed by atoms with Crippen molar-refractivity contribution in [1.82, 2.24) is 4.90 Å². The maximum absolute atomic E-state index is 12.4. The average Bonchev–Trinajstić information content (AvgIpc) is 3.11. The molecule has 1 heterocycles. The highest BCUT2D eigenvalue weighted by Gasteiger charge is 2.27. The summed E-state index contributed by atoms with van der Waals surface area (Å²) in [6, 6.07) is 15.7. The van der Waals surface area contributed by atoms with Crippen molar-refractivity contribution < 1.29 is 9.63 Å². The van der Waals surface area contributed by atoms with E-state index in [0.29, 0.717) is 31.0 Å². The second-order valence-electron chi connectivity index (χ2n) is 6.50. The van der Waals surface area contributed by atoms with E-state index in [4.69, 9.17) is 16.4 Å². The molecule has 3 rings (SSSR count). The third-order valence-corrected chi connectivity index (χ3v) is 4.96. The van der Waals surface area contributed by atoms with Crippen LogP contribution in [0.4, 0.5) is 0 Å². The molecule has 2 aromatic carbocycles. The van der Waals surface area contributed by atoms with Gasteiger partial charge in [0.1, 0.15) is 0 Å². The number of hydrogen-bond acceptors (Lipinski definition) is 3. The van der Waals surface area contributed by atoms with Crippen LogP contribution in [0.3, 0.4) is 0 Å². The number of carbonyl (C=O) groups is 1. The number of aryl methyl sites for hydroxylation is 1. The Morgan fingerprint density at radius 2 is 1.96 bits per heavy atom. The Morgan fingerprint density at radius 3 is 2.69 bits per heavy atom. The zero-order valence-corrected chi connectivity index (χ0v) is 15.9. The lowest BCUT2D eigenvalue weighted by atomic mass is 10.00. The predicted octanol–water partition coefficient (Wildman–Crippen LogP) is 4.58. The quantitative estimate of drug-likeness (QED) is 0.746. The van der Waals surface area contributed by atoms with Gasteiger partial charge < -0.3 is 9.74 Å². The molecule has 0 saturated carbocycles. The van der Waals surface area contributed by atoms with Crippen LogP contribution in [0.25, 0.3) is 0 Å². The third-order valence-electron chi connectivity index (χ3n) is 4.59. The summed E-state index contributed by atoms with van der Waals surface area (Å²) in [7, 11) is 0. The first-order chi connectivity index (χ1) is 12.6. The average molecular weight is 371 g/mol. The second kappa shape index (κ2) is 8.37. The molecule has 5 heteroatoms. The Bertz CT molecular complexity index is 819. The Balaban J connectivity index is 1.68. The highest BCUT2D eigenvalue weighted by molar-refractivity contribution is 6.31. The van der Waals surface area contributed by atoms with Crippen molar-refractivity contribution in [2.24, 2.45) is 5.16 Å². The minimum atomic E-state index is -0.136. The first-order valence-electron chi connectivity index (χ1n) is 8.88. The number of rotatable bonds is 6. The SMILES string of the molecule is CCC(=O)N(Cc1ccccc1Cl)C[C@H]1CC(c2ccccc2C)=NO1. The maximum atomic E-state index is 12.4. The van der Waals surface area contributed by atoms with Gasteiger partial charge in [0.2, 0.25) is 5.91 Å². The third kappa shape index (κ3) is 4.25. The summed E-state index contributed by atoms with van der Waals surface area (Å²) in [6.45, 7) is 4.91. The van der Waals surface area contributed by atoms with Gasteiger partial charge in [0.15, 0.2) is 6.10 Å². The van der Waals surface area contributed by atoms with Gasteiger partial charge in [0.05, 0.1) is 12.3 Å². The molecule has 2 aromatic rings. The van der Waals surface area contributed by atoms with Gasteiger partial charge in [-0.25, -0.2) is 0 Å². The van der Waals surface area contributed by atoms with Crippen LogP contribution in [0.1, 0.15) is 36.5 Å². The normalized spacial score (nSPS) is 16.1. The van der Waals surface area contributed by atoms with Crippen molar-refractivity contribution in [3.05, 3.63) is 70.2 Å². The summed E-state index contributed by atoms with van der Waals surface area (Å²) in [4.78, 5) is 19.8. The monoisotopic (exact) mass is 370 g/mol. The van der Waals surface area contributed by atoms with Crippen LogP contribution in [0, 0.1) is 6.92 Å². The molecule has 0 saturated heterocycles. The van der Waals surface area contributed by atoms with Crippen LogP contribution in [-0.2, 0) is 16.2 Å². The molecular formula is C21H23ClN2O2. The number of oxime groups is 1. The van der Waals surface area contributed by atoms with Crippen LogP contribution in [0.15, 0.2) is 53.7 Å². The summed E-state index contributed by atoms with van der Waals surface area (Å²) >= 11 is 6.26. The summed E-state index contributed by atoms with van der Waals surface area (Å²) in [5.74, 6) is 0.0814. The van der Waals surface area contributed by atoms with Gasteiger partial charge in [-0.3, -0.25) is 4.79 Å². The first kappa shape index (κ1) is 18.5. The molecule has 1 atom stereocenters. The molecule has 0 fully saturated rings. The van der Waals surface area contributed by atoms with Gasteiger partial charge >= 0.3 is 0 Å². The fourth-order valence-corrected chi connectivity index (χ4v) is 3.33. The number of hydrogen-bond donors (Lipinski definition) is 0. The fraction of sp³-hybridized carbons (Fsp3) is 0.333. The molecule has 136 valence electrons. The largest absolute Gasteiger partial charge is 0.390 e. The minimum Gasteiger partial charge on any atom is -0.390 e. The lowest BCUT2D eigenvalue weighted by molar-refractivity contribution is -0.133. The summed E-state index contributed by atoms with van der Waals surface area (Å²) in [5.41, 5.74) is 4.16. The molecule has 1 aliphatic rings. The Hall–Kier alpha value is -2.33. The van der Waals surface area contributed by atoms with Gasteiger partial charge in [-0.1, -0.05) is 66.1 Å². The van der Waals surface area contributed by atoms with Crippen LogP contribution < -0.4 is 0 Å². The molecule has 26 heavy (non-hydrogen) atoms. The molecule has 0 bridgehead atoms. The zero-order chi connectivity index (χ0) is 18.5. The van der Waals surface area contributed by atoms with Crippen LogP contribution in [0.5, 0.6) is 0 Å². The molecule has 4 nitrogen and oxygen atoms in total. The molecule has 0 spiro atoms. The number of amides is 1. The molecule has 0 N–H and O–H groups in total. The summed E-state index contributed by atoms with van der Waals surface area (Å²) in [5, 5.41) is 4.94. The predicted molar refractivity (Wildman–Crippen MR) is 104 cm³/mol. The van der Waals surface area contributed by atoms with E-state index in [2.05, 4.69) is 24.2 Å². The van der Waals surface area contributed by atoms with Crippen molar-refractivity contribution in [3.8, 4) is 0 Å². The van der Waals surface area contributed by atoms with Crippen molar-refractivity contribution in [2.75, 3.05) is 6.54 Å². The zero-order valence-electron chi connectivity index (χ0n) is 15.1. The molecule has 0 unspecified atom stereocenters. The van der Waals surface area contributed by atoms with Gasteiger partial charge in [-0.2, -0.15) is 0 Å². The van der Waals surface area contributed by atoms with Crippen molar-refractivity contribution in [3.63, 3.8) is 0 Å². The van der Waals surface area contributed by atoms with E-state index in [1.807, 2.05) is 48.2 Å². The Kier molecular flexibility index (Phi) is 5.94. The van der Waals surface area contributed by atoms with Gasteiger partial charge in [-0.05, 0) is 24.1 Å². The Morgan fingerprint density at radius 1 is 1.23 bits per heavy atom. The fourth-order valence-electron chi connectivity index (χ4n) is 3.14. The Labute approximate surface area is 159 Å². The number of carbonyl (C=O) groups excluding carboxylic acids is 1. The molecule has 1 amide bonds. The minimum absolute atomic E-state index is 0.0814. The van der Waals surface area contributed by atoms with Crippen LogP contribution in [0.2, 0.25) is 5.02 Å². The van der Waals surface area contributed by atoms with E-state index in [-0.39, 0.29) is 12.0 Å². The van der Waals surface area contributed by atoms with Crippen molar-refractivity contribution >= 4 is 23.2 Å². The molecule has 0 radical (unpaired) electrons. The van der Waals surface area contributed by atoms with Crippen LogP contribution >= 0.6 is 11.6 Å². The van der Waals surface area contributed by atoms with E-state index in [0.717, 1.165) is 16.8 Å². The molecule has 0 aliphatic carbocycles. The topological polar surface area (TPSA) is 41.9 Å². The highest BCUT2D eigenvalue weighted by Crippen LogP contribution is 2.22. The van der Waals surface area contributed by atoms with Crippen molar-refractivity contribution in [2.45, 2.75) is 39.3 Å². The smallest absolute Gasteiger partial charge is 0.222 e. The van der Waals surface area contributed by atoms with Gasteiger partial charge in [0.25, 0.3) is 0 Å². The molecular weight excluding hydrogens is 348 g/mol. The lowest BCUT2D eigenvalue weighted by Gasteiger charge is -2.25. The summed E-state index contributed by atoms with van der Waals surface area (Å²) in [6.07, 6.45) is 1.01. The maximum Gasteiger partial charge on any atom is 0.222 e. The van der Waals surface area contributed by atoms with Gasteiger partial charge in [-0.15, -0.1) is 0 Å². The highest BCUT2D eigenvalue weighted by atomic mass is 35.5. The molecule has 1 aliphatic heterocycles. The molecule has 0 aromatic heterocycles. The number of benzene rings is 2.